The number of benzene rings is 1. The van der Waals surface area contributed by atoms with Gasteiger partial charge >= 0.3 is 6.09 Å². The summed E-state index contributed by atoms with van der Waals surface area (Å²) in [4.78, 5) is 14.4. The summed E-state index contributed by atoms with van der Waals surface area (Å²) in [5.41, 5.74) is -0.706. The number of hydrogen-bond acceptors (Lipinski definition) is 5. The van der Waals surface area contributed by atoms with E-state index in [4.69, 9.17) is 9.47 Å². The lowest BCUT2D eigenvalue weighted by atomic mass is 9.87. The molecule has 2 fully saturated rings. The molecule has 1 amide bonds. The highest BCUT2D eigenvalue weighted by Crippen LogP contribution is 2.34. The molecule has 1 aromatic rings. The average Bonchev–Trinajstić information content (AvgIpc) is 2.65. The Balaban J connectivity index is 1.64. The van der Waals surface area contributed by atoms with Crippen molar-refractivity contribution >= 4 is 6.09 Å². The van der Waals surface area contributed by atoms with Crippen molar-refractivity contribution in [1.29, 1.82) is 0 Å². The van der Waals surface area contributed by atoms with Gasteiger partial charge in [-0.1, -0.05) is 24.0 Å². The van der Waals surface area contributed by atoms with E-state index in [2.05, 4.69) is 11.8 Å². The summed E-state index contributed by atoms with van der Waals surface area (Å²) in [5, 5.41) is 20.6. The lowest BCUT2D eigenvalue weighted by Gasteiger charge is -2.43. The van der Waals surface area contributed by atoms with Gasteiger partial charge in [0.25, 0.3) is 0 Å². The van der Waals surface area contributed by atoms with E-state index >= 15 is 0 Å². The van der Waals surface area contributed by atoms with E-state index in [1.165, 1.54) is 0 Å². The molecule has 0 bridgehead atoms. The van der Waals surface area contributed by atoms with Gasteiger partial charge in [-0.05, 0) is 45.4 Å². The van der Waals surface area contributed by atoms with Gasteiger partial charge in [0.05, 0.1) is 24.9 Å². The van der Waals surface area contributed by atoms with Crippen LogP contribution < -0.4 is 0 Å². The third kappa shape index (κ3) is 5.75. The maximum Gasteiger partial charge on any atom is 0.410 e. The topological polar surface area (TPSA) is 79.2 Å². The lowest BCUT2D eigenvalue weighted by Crippen LogP contribution is -2.51. The van der Waals surface area contributed by atoms with Crippen molar-refractivity contribution in [2.24, 2.45) is 0 Å². The Morgan fingerprint density at radius 2 is 1.83 bits per heavy atom. The summed E-state index contributed by atoms with van der Waals surface area (Å²) in [6.07, 6.45) is 1.77. The number of ether oxygens (including phenoxy) is 2. The number of carbonyl (C=O) groups is 1. The molecule has 0 radical (unpaired) electrons. The van der Waals surface area contributed by atoms with E-state index in [9.17, 15) is 15.0 Å². The van der Waals surface area contributed by atoms with Crippen LogP contribution in [0.4, 0.5) is 4.79 Å². The minimum Gasteiger partial charge on any atom is -0.443 e. The Kier molecular flexibility index (Phi) is 6.47. The van der Waals surface area contributed by atoms with Crippen LogP contribution in [-0.4, -0.2) is 57.8 Å². The van der Waals surface area contributed by atoms with Gasteiger partial charge in [-0.25, -0.2) is 4.79 Å². The number of carbonyl (C=O) groups excluding carboxylic acids is 1. The zero-order valence-electron chi connectivity index (χ0n) is 18.4. The first kappa shape index (κ1) is 22.6. The first-order valence-corrected chi connectivity index (χ1v) is 10.6. The van der Waals surface area contributed by atoms with Crippen LogP contribution in [0.15, 0.2) is 24.3 Å². The summed E-state index contributed by atoms with van der Waals surface area (Å²) in [6, 6.07) is 7.61. The maximum absolute atomic E-state index is 12.7. The molecule has 164 valence electrons. The molecule has 2 atom stereocenters. The third-order valence-electron chi connectivity index (χ3n) is 5.88. The average molecular weight is 416 g/mol. The summed E-state index contributed by atoms with van der Waals surface area (Å²) >= 11 is 0. The molecule has 0 aromatic heterocycles. The number of aliphatic hydroxyl groups is 2. The van der Waals surface area contributed by atoms with Crippen molar-refractivity contribution < 1.29 is 24.5 Å². The number of nitrogens with zero attached hydrogens (tertiary/aromatic N) is 1. The van der Waals surface area contributed by atoms with Crippen LogP contribution in [0.5, 0.6) is 0 Å². The van der Waals surface area contributed by atoms with Gasteiger partial charge in [-0.2, -0.15) is 0 Å². The first-order chi connectivity index (χ1) is 14.0. The van der Waals surface area contributed by atoms with Gasteiger partial charge in [0.2, 0.25) is 0 Å². The Labute approximate surface area is 179 Å². The molecule has 6 heteroatoms. The third-order valence-corrected chi connectivity index (χ3v) is 5.88. The van der Waals surface area contributed by atoms with Crippen molar-refractivity contribution in [3.63, 3.8) is 0 Å². The van der Waals surface area contributed by atoms with Crippen molar-refractivity contribution in [2.45, 2.75) is 76.2 Å². The number of rotatable bonds is 4. The summed E-state index contributed by atoms with van der Waals surface area (Å²) < 4.78 is 11.0. The van der Waals surface area contributed by atoms with Crippen molar-refractivity contribution in [2.75, 3.05) is 19.8 Å². The maximum atomic E-state index is 12.7. The standard InChI is InChI=1S/C24H33NO5/c1-18(25-14-11-23(4,30-21(25)26)17-22(2,3)27)20-7-5-19(6-8-20)9-10-24(28)12-15-29-16-13-24/h5-8,18,27-28H,11-17H2,1-4H3. The highest BCUT2D eigenvalue weighted by molar-refractivity contribution is 5.69. The molecule has 2 saturated heterocycles. The van der Waals surface area contributed by atoms with Gasteiger partial charge in [0, 0.05) is 37.8 Å². The molecule has 1 aromatic carbocycles. The summed E-state index contributed by atoms with van der Waals surface area (Å²) in [6.45, 7) is 8.95. The molecular formula is C24H33NO5. The lowest BCUT2D eigenvalue weighted by molar-refractivity contribution is -0.0859. The van der Waals surface area contributed by atoms with E-state index in [0.717, 1.165) is 11.1 Å². The second-order valence-electron chi connectivity index (χ2n) is 9.44. The predicted octanol–water partition coefficient (Wildman–Crippen LogP) is 3.40. The normalized spacial score (nSPS) is 25.1. The number of hydrogen-bond donors (Lipinski definition) is 2. The molecule has 2 aliphatic rings. The molecule has 2 N–H and O–H groups in total. The van der Waals surface area contributed by atoms with Crippen LogP contribution in [0.3, 0.4) is 0 Å². The zero-order chi connectivity index (χ0) is 22.0. The van der Waals surface area contributed by atoms with Gasteiger partial charge < -0.3 is 24.6 Å². The number of cyclic esters (lactones) is 1. The van der Waals surface area contributed by atoms with Crippen molar-refractivity contribution in [3.05, 3.63) is 35.4 Å². The van der Waals surface area contributed by atoms with Crippen LogP contribution >= 0.6 is 0 Å². The van der Waals surface area contributed by atoms with Gasteiger partial charge in [-0.15, -0.1) is 0 Å². The Morgan fingerprint density at radius 3 is 2.40 bits per heavy atom. The van der Waals surface area contributed by atoms with Gasteiger partial charge in [-0.3, -0.25) is 0 Å². The Morgan fingerprint density at radius 1 is 1.20 bits per heavy atom. The summed E-state index contributed by atoms with van der Waals surface area (Å²) in [5.74, 6) is 6.04. The molecule has 0 saturated carbocycles. The predicted molar refractivity (Wildman–Crippen MR) is 114 cm³/mol. The van der Waals surface area contributed by atoms with E-state index in [1.807, 2.05) is 38.1 Å². The van der Waals surface area contributed by atoms with Gasteiger partial charge in [0.1, 0.15) is 11.2 Å². The Hall–Kier alpha value is -2.07. The fourth-order valence-corrected chi connectivity index (χ4v) is 4.21. The van der Waals surface area contributed by atoms with Crippen LogP contribution in [-0.2, 0) is 9.47 Å². The quantitative estimate of drug-likeness (QED) is 0.737. The second-order valence-corrected chi connectivity index (χ2v) is 9.44. The molecule has 2 aliphatic heterocycles. The first-order valence-electron chi connectivity index (χ1n) is 10.6. The monoisotopic (exact) mass is 415 g/mol. The molecule has 30 heavy (non-hydrogen) atoms. The van der Waals surface area contributed by atoms with E-state index in [0.29, 0.717) is 45.4 Å². The molecule has 0 spiro atoms. The zero-order valence-corrected chi connectivity index (χ0v) is 18.4. The Bertz CT molecular complexity index is 811. The van der Waals surface area contributed by atoms with Crippen LogP contribution in [0.1, 0.15) is 70.5 Å². The van der Waals surface area contributed by atoms with Crippen LogP contribution in [0.2, 0.25) is 0 Å². The molecule has 6 nitrogen and oxygen atoms in total. The fourth-order valence-electron chi connectivity index (χ4n) is 4.21. The largest absolute Gasteiger partial charge is 0.443 e. The minimum absolute atomic E-state index is 0.133. The second kappa shape index (κ2) is 8.58. The molecule has 3 rings (SSSR count). The fraction of sp³-hybridized carbons (Fsp3) is 0.625. The van der Waals surface area contributed by atoms with E-state index < -0.39 is 16.8 Å². The SMILES string of the molecule is CC(c1ccc(C#CC2(O)CCOCC2)cc1)N1CCC(C)(CC(C)(C)O)OC1=O. The highest BCUT2D eigenvalue weighted by atomic mass is 16.6. The van der Waals surface area contributed by atoms with Gasteiger partial charge in [0.15, 0.2) is 0 Å². The molecule has 2 unspecified atom stereocenters. The number of amides is 1. The van der Waals surface area contributed by atoms with Crippen LogP contribution in [0, 0.1) is 11.8 Å². The molecule has 0 aliphatic carbocycles. The molecule has 2 heterocycles. The molecular weight excluding hydrogens is 382 g/mol. The van der Waals surface area contributed by atoms with E-state index in [1.54, 1.807) is 18.7 Å². The smallest absolute Gasteiger partial charge is 0.410 e. The highest BCUT2D eigenvalue weighted by Gasteiger charge is 2.41. The summed E-state index contributed by atoms with van der Waals surface area (Å²) in [7, 11) is 0. The van der Waals surface area contributed by atoms with Crippen molar-refractivity contribution in [3.8, 4) is 11.8 Å². The van der Waals surface area contributed by atoms with E-state index in [-0.39, 0.29) is 12.1 Å². The van der Waals surface area contributed by atoms with Crippen molar-refractivity contribution in [1.82, 2.24) is 4.90 Å². The van der Waals surface area contributed by atoms with Crippen LogP contribution in [0.25, 0.3) is 0 Å². The minimum atomic E-state index is -0.975.